The second-order valence-electron chi connectivity index (χ2n) is 2.65. The fourth-order valence-corrected chi connectivity index (χ4v) is 1.10. The van der Waals surface area contributed by atoms with Crippen LogP contribution in [0.2, 0.25) is 0 Å². The Balaban J connectivity index is 2.83. The fraction of sp³-hybridized carbons (Fsp3) is 0.182. The third-order valence-corrected chi connectivity index (χ3v) is 1.70. The minimum atomic E-state index is 0.863. The number of nitrogens with zero attached hydrogens (tertiary/aromatic N) is 1. The summed E-state index contributed by atoms with van der Waals surface area (Å²) in [6, 6.07) is 8.07. The van der Waals surface area contributed by atoms with Crippen molar-refractivity contribution in [2.45, 2.75) is 13.3 Å². The monoisotopic (exact) mass is 174 g/mol. The maximum absolute atomic E-state index is 3.98. The second-order valence-corrected chi connectivity index (χ2v) is 2.65. The van der Waals surface area contributed by atoms with E-state index in [0.29, 0.717) is 0 Å². The van der Waals surface area contributed by atoms with Gasteiger partial charge >= 0.3 is 0 Å². The zero-order valence-electron chi connectivity index (χ0n) is 7.83. The van der Waals surface area contributed by atoms with Gasteiger partial charge in [0, 0.05) is 6.21 Å². The van der Waals surface area contributed by atoms with Gasteiger partial charge in [-0.1, -0.05) is 24.3 Å². The van der Waals surface area contributed by atoms with Crippen LogP contribution in [-0.2, 0) is 6.42 Å². The lowest BCUT2D eigenvalue weighted by Crippen LogP contribution is -1.93. The maximum Gasteiger partial charge on any atom is 0.0596 e. The summed E-state index contributed by atoms with van der Waals surface area (Å²) in [4.78, 5) is 0. The maximum atomic E-state index is 3.98. The van der Waals surface area contributed by atoms with Crippen LogP contribution >= 0.6 is 0 Å². The van der Waals surface area contributed by atoms with E-state index in [2.05, 4.69) is 23.2 Å². The van der Waals surface area contributed by atoms with Crippen molar-refractivity contribution in [1.82, 2.24) is 0 Å². The number of benzene rings is 1. The Hall–Kier alpha value is -1.57. The van der Waals surface area contributed by atoms with Crippen LogP contribution in [0.5, 0.6) is 0 Å². The first kappa shape index (κ1) is 9.52. The lowest BCUT2D eigenvalue weighted by Gasteiger charge is -2.05. The third-order valence-electron chi connectivity index (χ3n) is 1.70. The molecule has 13 heavy (non-hydrogen) atoms. The molecule has 0 aliphatic carbocycles. The van der Waals surface area contributed by atoms with Crippen LogP contribution < -0.4 is 5.43 Å². The molecule has 0 amide bonds. The average Bonchev–Trinajstić information content (AvgIpc) is 2.17. The highest BCUT2D eigenvalue weighted by Gasteiger charge is 1.96. The van der Waals surface area contributed by atoms with Crippen molar-refractivity contribution in [3.05, 3.63) is 42.5 Å². The quantitative estimate of drug-likeness (QED) is 0.423. The molecule has 2 heteroatoms. The molecule has 0 saturated heterocycles. The lowest BCUT2D eigenvalue weighted by atomic mass is 10.1. The van der Waals surface area contributed by atoms with E-state index in [1.807, 2.05) is 31.2 Å². The third kappa shape index (κ3) is 2.75. The van der Waals surface area contributed by atoms with E-state index >= 15 is 0 Å². The predicted octanol–water partition coefficient (Wildman–Crippen LogP) is 2.83. The smallest absolute Gasteiger partial charge is 0.0596 e. The molecular formula is C11H14N2. The van der Waals surface area contributed by atoms with Gasteiger partial charge in [0.15, 0.2) is 0 Å². The van der Waals surface area contributed by atoms with Gasteiger partial charge in [-0.05, 0) is 25.0 Å². The SMILES string of the molecule is C=CCc1ccccc1N/N=C/C. The lowest BCUT2D eigenvalue weighted by molar-refractivity contribution is 1.23. The first-order valence-electron chi connectivity index (χ1n) is 4.31. The number of rotatable bonds is 4. The van der Waals surface area contributed by atoms with Gasteiger partial charge in [-0.25, -0.2) is 0 Å². The topological polar surface area (TPSA) is 24.4 Å². The first-order chi connectivity index (χ1) is 6.38. The number of nitrogens with one attached hydrogen (secondary N) is 1. The van der Waals surface area contributed by atoms with Gasteiger partial charge in [-0.2, -0.15) is 5.10 Å². The van der Waals surface area contributed by atoms with Gasteiger partial charge in [0.25, 0.3) is 0 Å². The Morgan fingerprint density at radius 2 is 2.23 bits per heavy atom. The van der Waals surface area contributed by atoms with Crippen LogP contribution in [0.1, 0.15) is 12.5 Å². The molecule has 0 fully saturated rings. The van der Waals surface area contributed by atoms with Gasteiger partial charge in [-0.3, -0.25) is 5.43 Å². The molecule has 0 aromatic heterocycles. The van der Waals surface area contributed by atoms with Crippen LogP contribution in [0, 0.1) is 0 Å². The molecule has 0 heterocycles. The summed E-state index contributed by atoms with van der Waals surface area (Å²) in [5, 5.41) is 3.98. The van der Waals surface area contributed by atoms with Crippen LogP contribution in [0.15, 0.2) is 42.0 Å². The molecule has 68 valence electrons. The molecule has 0 aliphatic rings. The number of hydrazone groups is 1. The minimum absolute atomic E-state index is 0.863. The largest absolute Gasteiger partial charge is 0.279 e. The summed E-state index contributed by atoms with van der Waals surface area (Å²) >= 11 is 0. The van der Waals surface area contributed by atoms with Gasteiger partial charge in [0.05, 0.1) is 5.69 Å². The van der Waals surface area contributed by atoms with Crippen LogP contribution in [0.25, 0.3) is 0 Å². The van der Waals surface area contributed by atoms with E-state index in [-0.39, 0.29) is 0 Å². The Morgan fingerprint density at radius 1 is 1.46 bits per heavy atom. The normalized spacial score (nSPS) is 10.2. The van der Waals surface area contributed by atoms with Crippen LogP contribution in [0.4, 0.5) is 5.69 Å². The van der Waals surface area contributed by atoms with Crippen LogP contribution in [0.3, 0.4) is 0 Å². The molecule has 0 spiro atoms. The van der Waals surface area contributed by atoms with E-state index in [0.717, 1.165) is 12.1 Å². The second kappa shape index (κ2) is 5.14. The number of allylic oxidation sites excluding steroid dienone is 1. The summed E-state index contributed by atoms with van der Waals surface area (Å²) in [6.07, 6.45) is 4.48. The van der Waals surface area contributed by atoms with Gasteiger partial charge in [0.1, 0.15) is 0 Å². The summed E-state index contributed by atoms with van der Waals surface area (Å²) in [7, 11) is 0. The molecule has 0 aliphatic heterocycles. The molecule has 1 aromatic rings. The first-order valence-corrected chi connectivity index (χ1v) is 4.31. The molecule has 1 rings (SSSR count). The van der Waals surface area contributed by atoms with E-state index in [1.54, 1.807) is 6.21 Å². The average molecular weight is 174 g/mol. The van der Waals surface area contributed by atoms with Gasteiger partial charge in [0.2, 0.25) is 0 Å². The van der Waals surface area contributed by atoms with E-state index in [4.69, 9.17) is 0 Å². The molecule has 0 radical (unpaired) electrons. The number of hydrogen-bond acceptors (Lipinski definition) is 2. The zero-order chi connectivity index (χ0) is 9.52. The molecule has 1 N–H and O–H groups in total. The van der Waals surface area contributed by atoms with Crippen molar-refractivity contribution in [3.63, 3.8) is 0 Å². The van der Waals surface area contributed by atoms with Crippen molar-refractivity contribution in [2.75, 3.05) is 5.43 Å². The number of anilines is 1. The van der Waals surface area contributed by atoms with Gasteiger partial charge < -0.3 is 0 Å². The highest BCUT2D eigenvalue weighted by molar-refractivity contribution is 5.58. The molecule has 2 nitrogen and oxygen atoms in total. The van der Waals surface area contributed by atoms with Crippen molar-refractivity contribution in [3.8, 4) is 0 Å². The van der Waals surface area contributed by atoms with Crippen LogP contribution in [-0.4, -0.2) is 6.21 Å². The Morgan fingerprint density at radius 3 is 2.92 bits per heavy atom. The highest BCUT2D eigenvalue weighted by Crippen LogP contribution is 2.15. The summed E-state index contributed by atoms with van der Waals surface area (Å²) in [6.45, 7) is 5.59. The Bertz CT molecular complexity index is 303. The molecular weight excluding hydrogens is 160 g/mol. The molecule has 1 aromatic carbocycles. The standard InChI is InChI=1S/C11H14N2/c1-3-7-10-8-5-6-9-11(10)13-12-4-2/h3-6,8-9,13H,1,7H2,2H3/b12-4+. The van der Waals surface area contributed by atoms with E-state index < -0.39 is 0 Å². The van der Waals surface area contributed by atoms with Crippen molar-refractivity contribution in [1.29, 1.82) is 0 Å². The fourth-order valence-electron chi connectivity index (χ4n) is 1.10. The van der Waals surface area contributed by atoms with Crippen molar-refractivity contribution in [2.24, 2.45) is 5.10 Å². The zero-order valence-corrected chi connectivity index (χ0v) is 7.83. The summed E-state index contributed by atoms with van der Waals surface area (Å²) in [5.41, 5.74) is 5.22. The molecule has 0 atom stereocenters. The number of para-hydroxylation sites is 1. The molecule has 0 saturated carbocycles. The molecule has 0 unspecified atom stereocenters. The summed E-state index contributed by atoms with van der Waals surface area (Å²) < 4.78 is 0. The summed E-state index contributed by atoms with van der Waals surface area (Å²) in [5.74, 6) is 0. The molecule has 0 bridgehead atoms. The van der Waals surface area contributed by atoms with Crippen molar-refractivity contribution < 1.29 is 0 Å². The van der Waals surface area contributed by atoms with E-state index in [9.17, 15) is 0 Å². The Labute approximate surface area is 79.0 Å². The number of hydrogen-bond donors (Lipinski definition) is 1. The van der Waals surface area contributed by atoms with E-state index in [1.165, 1.54) is 5.56 Å². The predicted molar refractivity (Wildman–Crippen MR) is 58.1 cm³/mol. The van der Waals surface area contributed by atoms with Gasteiger partial charge in [-0.15, -0.1) is 6.58 Å². The Kier molecular flexibility index (Phi) is 3.76. The van der Waals surface area contributed by atoms with Crippen molar-refractivity contribution >= 4 is 11.9 Å². The minimum Gasteiger partial charge on any atom is -0.279 e. The highest BCUT2D eigenvalue weighted by atomic mass is 15.3.